The summed E-state index contributed by atoms with van der Waals surface area (Å²) in [4.78, 5) is 11.4. The number of rotatable bonds is 4. The van der Waals surface area contributed by atoms with Crippen molar-refractivity contribution in [2.24, 2.45) is 5.73 Å². The molecule has 1 atom stereocenters. The van der Waals surface area contributed by atoms with Crippen LogP contribution in [0.2, 0.25) is 0 Å². The van der Waals surface area contributed by atoms with Crippen LogP contribution in [0.4, 0.5) is 0 Å². The first-order valence-electron chi connectivity index (χ1n) is 4.88. The Balaban J connectivity index is 2.51. The molecule has 4 nitrogen and oxygen atoms in total. The molecule has 84 valence electrons. The summed E-state index contributed by atoms with van der Waals surface area (Å²) < 4.78 is 0. The molecule has 4 heteroatoms. The first kappa shape index (κ1) is 12.1. The van der Waals surface area contributed by atoms with E-state index in [1.54, 1.807) is 24.3 Å². The summed E-state index contributed by atoms with van der Waals surface area (Å²) in [7, 11) is 0. The molecule has 4 N–H and O–H groups in total. The number of carbonyl (C=O) groups is 1. The number of phenols is 1. The Labute approximate surface area is 94.5 Å². The van der Waals surface area contributed by atoms with E-state index in [4.69, 9.17) is 17.3 Å². The summed E-state index contributed by atoms with van der Waals surface area (Å²) in [6.45, 7) is 0.183. The summed E-state index contributed by atoms with van der Waals surface area (Å²) >= 11 is 0. The largest absolute Gasteiger partial charge is 0.508 e. The molecule has 1 amide bonds. The average molecular weight is 218 g/mol. The molecule has 0 unspecified atom stereocenters. The van der Waals surface area contributed by atoms with Crippen LogP contribution in [0.15, 0.2) is 24.3 Å². The normalized spacial score (nSPS) is 11.5. The molecule has 0 saturated heterocycles. The van der Waals surface area contributed by atoms with E-state index in [1.807, 2.05) is 0 Å². The van der Waals surface area contributed by atoms with Crippen molar-refractivity contribution in [1.29, 1.82) is 0 Å². The number of phenolic OH excluding ortho intramolecular Hbond substituents is 1. The van der Waals surface area contributed by atoms with Crippen molar-refractivity contribution >= 4 is 5.91 Å². The first-order chi connectivity index (χ1) is 7.63. The fourth-order valence-corrected chi connectivity index (χ4v) is 1.25. The summed E-state index contributed by atoms with van der Waals surface area (Å²) in [5.41, 5.74) is 6.57. The number of carbonyl (C=O) groups excluding carboxylic acids is 1. The van der Waals surface area contributed by atoms with E-state index in [1.165, 1.54) is 0 Å². The summed E-state index contributed by atoms with van der Waals surface area (Å²) in [6.07, 6.45) is 5.43. The van der Waals surface area contributed by atoms with Crippen molar-refractivity contribution in [3.05, 3.63) is 29.8 Å². The van der Waals surface area contributed by atoms with Crippen LogP contribution in [0.5, 0.6) is 5.75 Å². The van der Waals surface area contributed by atoms with E-state index in [0.717, 1.165) is 5.56 Å². The lowest BCUT2D eigenvalue weighted by atomic mass is 10.1. The van der Waals surface area contributed by atoms with Crippen LogP contribution in [0.25, 0.3) is 0 Å². The highest BCUT2D eigenvalue weighted by Gasteiger charge is 2.12. The Morgan fingerprint density at radius 2 is 2.12 bits per heavy atom. The van der Waals surface area contributed by atoms with E-state index in [2.05, 4.69) is 11.2 Å². The molecule has 0 fully saturated rings. The maximum atomic E-state index is 11.4. The Hall–Kier alpha value is -1.99. The molecule has 0 aromatic heterocycles. The van der Waals surface area contributed by atoms with E-state index >= 15 is 0 Å². The smallest absolute Gasteiger partial charge is 0.238 e. The lowest BCUT2D eigenvalue weighted by Crippen LogP contribution is -2.42. The predicted molar refractivity (Wildman–Crippen MR) is 61.6 cm³/mol. The molecule has 0 saturated carbocycles. The molecule has 0 bridgehead atoms. The average Bonchev–Trinajstić information content (AvgIpc) is 2.29. The number of benzene rings is 1. The topological polar surface area (TPSA) is 75.4 Å². The SMILES string of the molecule is C#CCNC(=O)[C@@H](N)Cc1ccc(O)cc1. The zero-order valence-corrected chi connectivity index (χ0v) is 8.81. The second-order valence-electron chi connectivity index (χ2n) is 3.40. The van der Waals surface area contributed by atoms with Crippen molar-refractivity contribution in [1.82, 2.24) is 5.32 Å². The molecule has 1 aromatic rings. The van der Waals surface area contributed by atoms with Gasteiger partial charge in [-0.2, -0.15) is 0 Å². The van der Waals surface area contributed by atoms with Gasteiger partial charge in [0.2, 0.25) is 5.91 Å². The van der Waals surface area contributed by atoms with Gasteiger partial charge < -0.3 is 16.2 Å². The molecule has 0 heterocycles. The first-order valence-corrected chi connectivity index (χ1v) is 4.88. The van der Waals surface area contributed by atoms with Crippen LogP contribution < -0.4 is 11.1 Å². The Morgan fingerprint density at radius 3 is 2.69 bits per heavy atom. The van der Waals surface area contributed by atoms with Gasteiger partial charge in [0.15, 0.2) is 0 Å². The van der Waals surface area contributed by atoms with Crippen molar-refractivity contribution in [2.45, 2.75) is 12.5 Å². The van der Waals surface area contributed by atoms with Crippen LogP contribution >= 0.6 is 0 Å². The molecule has 0 aliphatic carbocycles. The van der Waals surface area contributed by atoms with E-state index < -0.39 is 6.04 Å². The maximum Gasteiger partial charge on any atom is 0.238 e. The zero-order chi connectivity index (χ0) is 12.0. The molecule has 0 aliphatic rings. The van der Waals surface area contributed by atoms with Gasteiger partial charge in [0, 0.05) is 0 Å². The van der Waals surface area contributed by atoms with Gasteiger partial charge in [-0.1, -0.05) is 18.1 Å². The Kier molecular flexibility index (Phi) is 4.37. The standard InChI is InChI=1S/C12H14N2O2/c1-2-7-14-12(16)11(13)8-9-3-5-10(15)6-4-9/h1,3-6,11,15H,7-8,13H2,(H,14,16)/t11-/m0/s1. The van der Waals surface area contributed by atoms with Crippen LogP contribution in [0.1, 0.15) is 5.56 Å². The van der Waals surface area contributed by atoms with Crippen LogP contribution in [0, 0.1) is 12.3 Å². The van der Waals surface area contributed by atoms with E-state index in [-0.39, 0.29) is 18.2 Å². The Morgan fingerprint density at radius 1 is 1.50 bits per heavy atom. The quantitative estimate of drug-likeness (QED) is 0.623. The maximum absolute atomic E-state index is 11.4. The third kappa shape index (κ3) is 3.64. The van der Waals surface area contributed by atoms with Crippen molar-refractivity contribution < 1.29 is 9.90 Å². The van der Waals surface area contributed by atoms with Gasteiger partial charge in [-0.25, -0.2) is 0 Å². The third-order valence-corrected chi connectivity index (χ3v) is 2.09. The Bertz CT molecular complexity index is 392. The minimum absolute atomic E-state index is 0.183. The van der Waals surface area contributed by atoms with Crippen molar-refractivity contribution in [3.8, 4) is 18.1 Å². The number of amides is 1. The highest BCUT2D eigenvalue weighted by atomic mass is 16.3. The van der Waals surface area contributed by atoms with Crippen LogP contribution in [-0.2, 0) is 11.2 Å². The number of hydrogen-bond donors (Lipinski definition) is 3. The minimum atomic E-state index is -0.627. The van der Waals surface area contributed by atoms with Gasteiger partial charge in [-0.3, -0.25) is 4.79 Å². The molecule has 1 aromatic carbocycles. The summed E-state index contributed by atoms with van der Waals surface area (Å²) in [6, 6.07) is 5.94. The number of nitrogens with one attached hydrogen (secondary N) is 1. The van der Waals surface area contributed by atoms with Gasteiger partial charge in [0.1, 0.15) is 5.75 Å². The van der Waals surface area contributed by atoms with Gasteiger partial charge in [-0.15, -0.1) is 6.42 Å². The molecule has 0 spiro atoms. The summed E-state index contributed by atoms with van der Waals surface area (Å²) in [5.74, 6) is 2.22. The van der Waals surface area contributed by atoms with Crippen LogP contribution in [-0.4, -0.2) is 23.6 Å². The zero-order valence-electron chi connectivity index (χ0n) is 8.81. The lowest BCUT2D eigenvalue weighted by molar-refractivity contribution is -0.122. The summed E-state index contributed by atoms with van der Waals surface area (Å²) in [5, 5.41) is 11.6. The second-order valence-corrected chi connectivity index (χ2v) is 3.40. The molecule has 16 heavy (non-hydrogen) atoms. The van der Waals surface area contributed by atoms with Crippen molar-refractivity contribution in [2.75, 3.05) is 6.54 Å². The number of aromatic hydroxyl groups is 1. The van der Waals surface area contributed by atoms with E-state index in [0.29, 0.717) is 6.42 Å². The molecule has 1 rings (SSSR count). The fourth-order valence-electron chi connectivity index (χ4n) is 1.25. The number of hydrogen-bond acceptors (Lipinski definition) is 3. The van der Waals surface area contributed by atoms with Gasteiger partial charge in [0.05, 0.1) is 12.6 Å². The highest BCUT2D eigenvalue weighted by molar-refractivity contribution is 5.82. The van der Waals surface area contributed by atoms with Gasteiger partial charge in [-0.05, 0) is 24.1 Å². The monoisotopic (exact) mass is 218 g/mol. The van der Waals surface area contributed by atoms with Crippen LogP contribution in [0.3, 0.4) is 0 Å². The fraction of sp³-hybridized carbons (Fsp3) is 0.250. The highest BCUT2D eigenvalue weighted by Crippen LogP contribution is 2.10. The minimum Gasteiger partial charge on any atom is -0.508 e. The molecular formula is C12H14N2O2. The number of nitrogens with two attached hydrogens (primary N) is 1. The third-order valence-electron chi connectivity index (χ3n) is 2.09. The van der Waals surface area contributed by atoms with E-state index in [9.17, 15) is 4.79 Å². The molecule has 0 radical (unpaired) electrons. The second kappa shape index (κ2) is 5.79. The number of terminal acetylenes is 1. The van der Waals surface area contributed by atoms with Crippen molar-refractivity contribution in [3.63, 3.8) is 0 Å². The van der Waals surface area contributed by atoms with Gasteiger partial charge in [0.25, 0.3) is 0 Å². The van der Waals surface area contributed by atoms with Gasteiger partial charge >= 0.3 is 0 Å². The lowest BCUT2D eigenvalue weighted by Gasteiger charge is -2.10. The predicted octanol–water partition coefficient (Wildman–Crippen LogP) is 0.0114. The molecular weight excluding hydrogens is 204 g/mol. The molecule has 0 aliphatic heterocycles.